The molecule has 1 aromatic heterocycles. The predicted octanol–water partition coefficient (Wildman–Crippen LogP) is 0.784. The number of rotatable bonds is 4. The monoisotopic (exact) mass is 190 g/mol. The van der Waals surface area contributed by atoms with Crippen LogP contribution in [0.2, 0.25) is 0 Å². The van der Waals surface area contributed by atoms with Gasteiger partial charge in [-0.25, -0.2) is 9.97 Å². The summed E-state index contributed by atoms with van der Waals surface area (Å²) in [5.41, 5.74) is 3.72. The van der Waals surface area contributed by atoms with Crippen LogP contribution in [0.5, 0.6) is 0 Å². The molecule has 0 saturated heterocycles. The summed E-state index contributed by atoms with van der Waals surface area (Å²) < 4.78 is 0. The number of aromatic nitrogens is 2. The average molecular weight is 190 g/mol. The topological polar surface area (TPSA) is 63.8 Å². The summed E-state index contributed by atoms with van der Waals surface area (Å²) in [5.74, 6) is 11.3. The Kier molecular flexibility index (Phi) is 4.62. The molecule has 4 nitrogen and oxygen atoms in total. The molecule has 0 aliphatic rings. The Morgan fingerprint density at radius 3 is 2.79 bits per heavy atom. The van der Waals surface area contributed by atoms with Gasteiger partial charge in [-0.3, -0.25) is 11.3 Å². The smallest absolute Gasteiger partial charge is 0.115 e. The van der Waals surface area contributed by atoms with Gasteiger partial charge in [-0.15, -0.1) is 11.8 Å². The Balaban J connectivity index is 2.57. The summed E-state index contributed by atoms with van der Waals surface area (Å²) in [6, 6.07) is 0.0806. The fourth-order valence-corrected chi connectivity index (χ4v) is 1.18. The Bertz CT molecular complexity index is 312. The van der Waals surface area contributed by atoms with E-state index in [0.29, 0.717) is 0 Å². The summed E-state index contributed by atoms with van der Waals surface area (Å²) in [6.45, 7) is 1.83. The average Bonchev–Trinajstić information content (AvgIpc) is 2.26. The van der Waals surface area contributed by atoms with Gasteiger partial charge in [0.25, 0.3) is 0 Å². The molecule has 1 aromatic rings. The van der Waals surface area contributed by atoms with Gasteiger partial charge in [0.15, 0.2) is 0 Å². The molecule has 0 bridgehead atoms. The highest BCUT2D eigenvalue weighted by Crippen LogP contribution is 2.14. The first-order valence-electron chi connectivity index (χ1n) is 4.49. The number of nitrogens with zero attached hydrogens (tertiary/aromatic N) is 2. The molecule has 74 valence electrons. The second kappa shape index (κ2) is 6.08. The lowest BCUT2D eigenvalue weighted by Crippen LogP contribution is -2.28. The molecule has 14 heavy (non-hydrogen) atoms. The van der Waals surface area contributed by atoms with Gasteiger partial charge in [0.1, 0.15) is 6.33 Å². The fraction of sp³-hybridized carbons (Fsp3) is 0.400. The zero-order chi connectivity index (χ0) is 10.2. The highest BCUT2D eigenvalue weighted by molar-refractivity contribution is 5.09. The fourth-order valence-electron chi connectivity index (χ4n) is 1.18. The minimum absolute atomic E-state index is 0.0806. The first-order chi connectivity index (χ1) is 6.88. The van der Waals surface area contributed by atoms with Crippen molar-refractivity contribution in [1.82, 2.24) is 15.4 Å². The molecule has 3 N–H and O–H groups in total. The Labute approximate surface area is 83.9 Å². The number of nitrogens with two attached hydrogens (primary N) is 1. The maximum Gasteiger partial charge on any atom is 0.115 e. The van der Waals surface area contributed by atoms with Crippen LogP contribution in [0.4, 0.5) is 0 Å². The van der Waals surface area contributed by atoms with E-state index in [1.165, 1.54) is 6.33 Å². The molecular formula is C10H14N4. The largest absolute Gasteiger partial charge is 0.271 e. The van der Waals surface area contributed by atoms with E-state index in [1.807, 2.05) is 6.92 Å². The lowest BCUT2D eigenvalue weighted by atomic mass is 10.1. The highest BCUT2D eigenvalue weighted by atomic mass is 15.2. The van der Waals surface area contributed by atoms with Crippen LogP contribution in [0.15, 0.2) is 18.7 Å². The van der Waals surface area contributed by atoms with Crippen LogP contribution in [0.3, 0.4) is 0 Å². The maximum absolute atomic E-state index is 5.43. The van der Waals surface area contributed by atoms with Gasteiger partial charge in [-0.1, -0.05) is 0 Å². The molecule has 0 radical (unpaired) electrons. The molecule has 1 atom stereocenters. The SMILES string of the molecule is CC#CCCC(NN)c1cncnc1. The van der Waals surface area contributed by atoms with Crippen molar-refractivity contribution in [3.05, 3.63) is 24.3 Å². The second-order valence-corrected chi connectivity index (χ2v) is 2.86. The normalized spacial score (nSPS) is 11.6. The maximum atomic E-state index is 5.43. The summed E-state index contributed by atoms with van der Waals surface area (Å²) in [6.07, 6.45) is 6.71. The molecule has 0 fully saturated rings. The van der Waals surface area contributed by atoms with Crippen LogP contribution in [-0.4, -0.2) is 9.97 Å². The Morgan fingerprint density at radius 2 is 2.21 bits per heavy atom. The van der Waals surface area contributed by atoms with Crippen molar-refractivity contribution in [3.8, 4) is 11.8 Å². The molecule has 1 heterocycles. The molecule has 1 unspecified atom stereocenters. The van der Waals surface area contributed by atoms with E-state index in [1.54, 1.807) is 12.4 Å². The summed E-state index contributed by atoms with van der Waals surface area (Å²) in [7, 11) is 0. The number of hydrogen-bond donors (Lipinski definition) is 2. The van der Waals surface area contributed by atoms with E-state index < -0.39 is 0 Å². The van der Waals surface area contributed by atoms with Crippen LogP contribution >= 0.6 is 0 Å². The third kappa shape index (κ3) is 3.13. The predicted molar refractivity (Wildman–Crippen MR) is 54.8 cm³/mol. The minimum Gasteiger partial charge on any atom is -0.271 e. The first kappa shape index (κ1) is 10.6. The third-order valence-corrected chi connectivity index (χ3v) is 1.92. The van der Waals surface area contributed by atoms with Gasteiger partial charge in [0, 0.05) is 30.4 Å². The Morgan fingerprint density at radius 1 is 1.50 bits per heavy atom. The molecular weight excluding hydrogens is 176 g/mol. The van der Waals surface area contributed by atoms with Crippen LogP contribution in [0.25, 0.3) is 0 Å². The van der Waals surface area contributed by atoms with Crippen molar-refractivity contribution < 1.29 is 0 Å². The molecule has 0 aromatic carbocycles. The van der Waals surface area contributed by atoms with Crippen molar-refractivity contribution in [3.63, 3.8) is 0 Å². The van der Waals surface area contributed by atoms with E-state index in [9.17, 15) is 0 Å². The van der Waals surface area contributed by atoms with Crippen LogP contribution in [-0.2, 0) is 0 Å². The van der Waals surface area contributed by atoms with Crippen LogP contribution < -0.4 is 11.3 Å². The number of nitrogens with one attached hydrogen (secondary N) is 1. The van der Waals surface area contributed by atoms with Gasteiger partial charge in [-0.05, 0) is 13.3 Å². The quantitative estimate of drug-likeness (QED) is 0.418. The van der Waals surface area contributed by atoms with Gasteiger partial charge in [-0.2, -0.15) is 0 Å². The number of hydrogen-bond acceptors (Lipinski definition) is 4. The first-order valence-corrected chi connectivity index (χ1v) is 4.49. The van der Waals surface area contributed by atoms with Crippen molar-refractivity contribution in [2.24, 2.45) is 5.84 Å². The standard InChI is InChI=1S/C10H14N4/c1-2-3-4-5-10(14-11)9-6-12-8-13-7-9/h6-8,10,14H,4-5,11H2,1H3. The van der Waals surface area contributed by atoms with E-state index in [2.05, 4.69) is 27.2 Å². The molecule has 0 saturated carbocycles. The molecule has 4 heteroatoms. The van der Waals surface area contributed by atoms with Gasteiger partial charge < -0.3 is 0 Å². The zero-order valence-electron chi connectivity index (χ0n) is 8.20. The highest BCUT2D eigenvalue weighted by Gasteiger charge is 2.08. The zero-order valence-corrected chi connectivity index (χ0v) is 8.20. The van der Waals surface area contributed by atoms with Crippen molar-refractivity contribution >= 4 is 0 Å². The molecule has 1 rings (SSSR count). The third-order valence-electron chi connectivity index (χ3n) is 1.92. The molecule has 0 amide bonds. The van der Waals surface area contributed by atoms with E-state index in [0.717, 1.165) is 18.4 Å². The Hall–Kier alpha value is -1.44. The van der Waals surface area contributed by atoms with Crippen molar-refractivity contribution in [1.29, 1.82) is 0 Å². The molecule has 0 aliphatic carbocycles. The van der Waals surface area contributed by atoms with Crippen molar-refractivity contribution in [2.45, 2.75) is 25.8 Å². The summed E-state index contributed by atoms with van der Waals surface area (Å²) >= 11 is 0. The van der Waals surface area contributed by atoms with E-state index >= 15 is 0 Å². The number of hydrazine groups is 1. The summed E-state index contributed by atoms with van der Waals surface area (Å²) in [5, 5.41) is 0. The minimum atomic E-state index is 0.0806. The van der Waals surface area contributed by atoms with E-state index in [4.69, 9.17) is 5.84 Å². The second-order valence-electron chi connectivity index (χ2n) is 2.86. The van der Waals surface area contributed by atoms with Crippen LogP contribution in [0.1, 0.15) is 31.4 Å². The lowest BCUT2D eigenvalue weighted by Gasteiger charge is -2.13. The van der Waals surface area contributed by atoms with Gasteiger partial charge in [0.2, 0.25) is 0 Å². The van der Waals surface area contributed by atoms with E-state index in [-0.39, 0.29) is 6.04 Å². The van der Waals surface area contributed by atoms with Gasteiger partial charge in [0.05, 0.1) is 0 Å². The van der Waals surface area contributed by atoms with Crippen molar-refractivity contribution in [2.75, 3.05) is 0 Å². The lowest BCUT2D eigenvalue weighted by molar-refractivity contribution is 0.520. The van der Waals surface area contributed by atoms with Crippen LogP contribution in [0, 0.1) is 11.8 Å². The summed E-state index contributed by atoms with van der Waals surface area (Å²) in [4.78, 5) is 7.88. The van der Waals surface area contributed by atoms with Gasteiger partial charge >= 0.3 is 0 Å². The molecule has 0 spiro atoms. The molecule has 0 aliphatic heterocycles.